The third kappa shape index (κ3) is 2.91. The number of thioether (sulfide) groups is 1. The fraction of sp³-hybridized carbons (Fsp3) is 0.625. The molecule has 112 valence electrons. The van der Waals surface area contributed by atoms with Crippen LogP contribution in [0.3, 0.4) is 0 Å². The summed E-state index contributed by atoms with van der Waals surface area (Å²) in [5.41, 5.74) is 1.15. The van der Waals surface area contributed by atoms with E-state index in [-0.39, 0.29) is 10.8 Å². The molecule has 2 rings (SSSR count). The molecule has 1 heterocycles. The smallest absolute Gasteiger partial charge is 0.127 e. The average Bonchev–Trinajstić information content (AvgIpc) is 2.91. The monoisotopic (exact) mass is 295 g/mol. The molecule has 1 saturated heterocycles. The Labute approximate surface area is 126 Å². The van der Waals surface area contributed by atoms with E-state index in [2.05, 4.69) is 30.9 Å². The van der Waals surface area contributed by atoms with Gasteiger partial charge in [-0.15, -0.1) is 0 Å². The van der Waals surface area contributed by atoms with E-state index in [9.17, 15) is 0 Å². The van der Waals surface area contributed by atoms with Crippen molar-refractivity contribution in [2.45, 2.75) is 37.5 Å². The highest BCUT2D eigenvalue weighted by Crippen LogP contribution is 2.50. The number of hydrogen-bond acceptors (Lipinski definition) is 4. The first-order valence-corrected chi connectivity index (χ1v) is 8.23. The van der Waals surface area contributed by atoms with Crippen LogP contribution in [0, 0.1) is 0 Å². The predicted molar refractivity (Wildman–Crippen MR) is 86.1 cm³/mol. The van der Waals surface area contributed by atoms with E-state index in [0.717, 1.165) is 23.6 Å². The minimum absolute atomic E-state index is 0.192. The first-order valence-electron chi connectivity index (χ1n) is 7.24. The summed E-state index contributed by atoms with van der Waals surface area (Å²) in [5, 5.41) is 3.65. The van der Waals surface area contributed by atoms with Gasteiger partial charge in [0, 0.05) is 4.75 Å². The van der Waals surface area contributed by atoms with Crippen LogP contribution in [0.2, 0.25) is 0 Å². The Hall–Kier alpha value is -0.870. The molecule has 20 heavy (non-hydrogen) atoms. The maximum absolute atomic E-state index is 5.59. The third-order valence-electron chi connectivity index (χ3n) is 4.02. The third-order valence-corrected chi connectivity index (χ3v) is 5.61. The molecule has 4 heteroatoms. The van der Waals surface area contributed by atoms with Crippen molar-refractivity contribution in [2.24, 2.45) is 0 Å². The van der Waals surface area contributed by atoms with Crippen molar-refractivity contribution in [3.63, 3.8) is 0 Å². The fourth-order valence-electron chi connectivity index (χ4n) is 3.02. The number of ether oxygens (including phenoxy) is 2. The highest BCUT2D eigenvalue weighted by molar-refractivity contribution is 8.00. The molecule has 0 amide bonds. The van der Waals surface area contributed by atoms with Crippen molar-refractivity contribution < 1.29 is 9.47 Å². The van der Waals surface area contributed by atoms with E-state index < -0.39 is 0 Å². The van der Waals surface area contributed by atoms with Crippen LogP contribution in [-0.4, -0.2) is 31.3 Å². The number of benzene rings is 1. The summed E-state index contributed by atoms with van der Waals surface area (Å²) >= 11 is 2.05. The van der Waals surface area contributed by atoms with Crippen molar-refractivity contribution in [2.75, 3.05) is 26.5 Å². The van der Waals surface area contributed by atoms with E-state index >= 15 is 0 Å². The zero-order valence-electron chi connectivity index (χ0n) is 12.9. The van der Waals surface area contributed by atoms with E-state index in [1.807, 2.05) is 18.2 Å². The molecule has 0 saturated carbocycles. The van der Waals surface area contributed by atoms with Crippen LogP contribution in [0.5, 0.6) is 11.5 Å². The van der Waals surface area contributed by atoms with E-state index in [1.54, 1.807) is 14.2 Å². The SMILES string of the molecule is CCNC(c1c(OC)cccc1OC)C1(C)CCCS1. The van der Waals surface area contributed by atoms with Gasteiger partial charge in [0.2, 0.25) is 0 Å². The van der Waals surface area contributed by atoms with Gasteiger partial charge < -0.3 is 14.8 Å². The summed E-state index contributed by atoms with van der Waals surface area (Å²) in [4.78, 5) is 0. The highest BCUT2D eigenvalue weighted by Gasteiger charge is 2.40. The first-order chi connectivity index (χ1) is 9.66. The maximum atomic E-state index is 5.59. The van der Waals surface area contributed by atoms with Crippen molar-refractivity contribution in [3.05, 3.63) is 23.8 Å². The van der Waals surface area contributed by atoms with Crippen LogP contribution in [0.15, 0.2) is 18.2 Å². The lowest BCUT2D eigenvalue weighted by Crippen LogP contribution is -2.38. The topological polar surface area (TPSA) is 30.5 Å². The van der Waals surface area contributed by atoms with Crippen LogP contribution < -0.4 is 14.8 Å². The standard InChI is InChI=1S/C16H25NO2S/c1-5-17-15(16(2)10-7-11-20-16)14-12(18-3)8-6-9-13(14)19-4/h6,8-9,15,17H,5,7,10-11H2,1-4H3. The molecular weight excluding hydrogens is 270 g/mol. The molecule has 1 fully saturated rings. The fourth-order valence-corrected chi connectivity index (χ4v) is 4.43. The van der Waals surface area contributed by atoms with Crippen molar-refractivity contribution in [3.8, 4) is 11.5 Å². The number of methoxy groups -OCH3 is 2. The van der Waals surface area contributed by atoms with E-state index in [0.29, 0.717) is 0 Å². The van der Waals surface area contributed by atoms with Crippen LogP contribution in [0.4, 0.5) is 0 Å². The summed E-state index contributed by atoms with van der Waals surface area (Å²) < 4.78 is 11.4. The van der Waals surface area contributed by atoms with Crippen LogP contribution in [0.25, 0.3) is 0 Å². The summed E-state index contributed by atoms with van der Waals surface area (Å²) in [7, 11) is 3.46. The van der Waals surface area contributed by atoms with Crippen LogP contribution in [0.1, 0.15) is 38.3 Å². The molecule has 0 aromatic heterocycles. The van der Waals surface area contributed by atoms with Gasteiger partial charge in [-0.2, -0.15) is 11.8 Å². The van der Waals surface area contributed by atoms with Crippen molar-refractivity contribution >= 4 is 11.8 Å². The van der Waals surface area contributed by atoms with Gasteiger partial charge >= 0.3 is 0 Å². The molecule has 2 unspecified atom stereocenters. The van der Waals surface area contributed by atoms with Crippen LogP contribution >= 0.6 is 11.8 Å². The first kappa shape index (κ1) is 15.5. The lowest BCUT2D eigenvalue weighted by molar-refractivity contribution is 0.348. The normalized spacial score (nSPS) is 23.6. The zero-order valence-corrected chi connectivity index (χ0v) is 13.7. The second-order valence-electron chi connectivity index (χ2n) is 5.33. The molecule has 1 aromatic rings. The Morgan fingerprint density at radius 2 is 1.95 bits per heavy atom. The van der Waals surface area contributed by atoms with Crippen LogP contribution in [-0.2, 0) is 0 Å². The molecule has 0 radical (unpaired) electrons. The van der Waals surface area contributed by atoms with Gasteiger partial charge in [0.25, 0.3) is 0 Å². The Morgan fingerprint density at radius 3 is 2.40 bits per heavy atom. The minimum Gasteiger partial charge on any atom is -0.496 e. The predicted octanol–water partition coefficient (Wildman–Crippen LogP) is 3.64. The largest absolute Gasteiger partial charge is 0.496 e. The van der Waals surface area contributed by atoms with Gasteiger partial charge in [0.15, 0.2) is 0 Å². The number of hydrogen-bond donors (Lipinski definition) is 1. The lowest BCUT2D eigenvalue weighted by atomic mass is 9.89. The molecule has 1 aromatic carbocycles. The number of rotatable bonds is 6. The minimum atomic E-state index is 0.192. The Kier molecular flexibility index (Phi) is 5.22. The van der Waals surface area contributed by atoms with Gasteiger partial charge in [0.05, 0.1) is 25.8 Å². The molecule has 1 N–H and O–H groups in total. The van der Waals surface area contributed by atoms with Gasteiger partial charge in [-0.25, -0.2) is 0 Å². The van der Waals surface area contributed by atoms with Gasteiger partial charge in [-0.05, 0) is 44.2 Å². The molecule has 1 aliphatic heterocycles. The molecule has 0 aliphatic carbocycles. The van der Waals surface area contributed by atoms with E-state index in [4.69, 9.17) is 9.47 Å². The Morgan fingerprint density at radius 1 is 1.30 bits per heavy atom. The van der Waals surface area contributed by atoms with Gasteiger partial charge in [0.1, 0.15) is 11.5 Å². The average molecular weight is 295 g/mol. The molecule has 2 atom stereocenters. The highest BCUT2D eigenvalue weighted by atomic mass is 32.2. The summed E-state index contributed by atoms with van der Waals surface area (Å²) in [6.45, 7) is 5.43. The summed E-state index contributed by atoms with van der Waals surface area (Å²) in [6, 6.07) is 6.26. The molecule has 0 spiro atoms. The summed E-state index contributed by atoms with van der Waals surface area (Å²) in [6.07, 6.45) is 2.50. The summed E-state index contributed by atoms with van der Waals surface area (Å²) in [5.74, 6) is 3.05. The van der Waals surface area contributed by atoms with Crippen molar-refractivity contribution in [1.29, 1.82) is 0 Å². The zero-order chi connectivity index (χ0) is 14.6. The van der Waals surface area contributed by atoms with Gasteiger partial charge in [-0.1, -0.05) is 13.0 Å². The molecule has 3 nitrogen and oxygen atoms in total. The molecular formula is C16H25NO2S. The Balaban J connectivity index is 2.48. The van der Waals surface area contributed by atoms with Gasteiger partial charge in [-0.3, -0.25) is 0 Å². The quantitative estimate of drug-likeness (QED) is 0.868. The second-order valence-corrected chi connectivity index (χ2v) is 6.96. The molecule has 0 bridgehead atoms. The lowest BCUT2D eigenvalue weighted by Gasteiger charge is -2.35. The van der Waals surface area contributed by atoms with E-state index in [1.165, 1.54) is 18.6 Å². The maximum Gasteiger partial charge on any atom is 0.127 e. The number of nitrogens with one attached hydrogen (secondary N) is 1. The van der Waals surface area contributed by atoms with Crippen molar-refractivity contribution in [1.82, 2.24) is 5.32 Å². The Bertz CT molecular complexity index is 422. The molecule has 1 aliphatic rings. The second kappa shape index (κ2) is 6.72.